The molecular weight excluding hydrogens is 282 g/mol. The Balaban J connectivity index is 2.09. The van der Waals surface area contributed by atoms with E-state index >= 15 is 0 Å². The van der Waals surface area contributed by atoms with Crippen LogP contribution < -0.4 is 14.8 Å². The van der Waals surface area contributed by atoms with Crippen LogP contribution in [0.15, 0.2) is 23.4 Å². The lowest BCUT2D eigenvalue weighted by Gasteiger charge is -2.24. The van der Waals surface area contributed by atoms with Crippen LogP contribution in [0.3, 0.4) is 0 Å². The van der Waals surface area contributed by atoms with Crippen LogP contribution in [0.1, 0.15) is 19.8 Å². The van der Waals surface area contributed by atoms with Gasteiger partial charge in [0.05, 0.1) is 18.8 Å². The van der Waals surface area contributed by atoms with Crippen LogP contribution in [-0.2, 0) is 14.8 Å². The van der Waals surface area contributed by atoms with Crippen molar-refractivity contribution in [3.8, 4) is 5.75 Å². The first kappa shape index (κ1) is 14.7. The van der Waals surface area contributed by atoms with Gasteiger partial charge in [0.25, 0.3) is 0 Å². The number of carbonyl (C=O) groups excluding carboxylic acids is 1. The first-order valence-electron chi connectivity index (χ1n) is 6.14. The van der Waals surface area contributed by atoms with Gasteiger partial charge in [-0.15, -0.1) is 0 Å². The number of hydrogen-bond donors (Lipinski definition) is 2. The molecule has 1 unspecified atom stereocenters. The van der Waals surface area contributed by atoms with Crippen LogP contribution in [0.2, 0.25) is 0 Å². The second-order valence-electron chi connectivity index (χ2n) is 4.99. The third-order valence-electron chi connectivity index (χ3n) is 3.23. The molecule has 110 valence electrons. The topological polar surface area (TPSA) is 97.4 Å². The molecule has 20 heavy (non-hydrogen) atoms. The molecule has 0 bridgehead atoms. The average molecular weight is 299 g/mol. The monoisotopic (exact) mass is 299 g/mol. The number of aromatic nitrogens is 1. The Kier molecular flexibility index (Phi) is 3.96. The van der Waals surface area contributed by atoms with Crippen molar-refractivity contribution in [1.82, 2.24) is 15.0 Å². The highest BCUT2D eigenvalue weighted by molar-refractivity contribution is 7.89. The Morgan fingerprint density at radius 1 is 1.50 bits per heavy atom. The van der Waals surface area contributed by atoms with Gasteiger partial charge in [-0.1, -0.05) is 0 Å². The summed E-state index contributed by atoms with van der Waals surface area (Å²) in [6.45, 7) is 1.95. The standard InChI is InChI=1S/C12H17N3O4S/c1-12(4-3-11(16)15-12)8-14-20(17,18)10-5-9(19-2)6-13-7-10/h5-7,14H,3-4,8H2,1-2H3,(H,15,16). The van der Waals surface area contributed by atoms with Crippen LogP contribution >= 0.6 is 0 Å². The van der Waals surface area contributed by atoms with Crippen LogP contribution in [0.25, 0.3) is 0 Å². The molecular formula is C12H17N3O4S. The van der Waals surface area contributed by atoms with Gasteiger partial charge in [-0.05, 0) is 13.3 Å². The molecule has 1 aliphatic rings. The minimum atomic E-state index is -3.68. The zero-order chi connectivity index (χ0) is 14.8. The minimum Gasteiger partial charge on any atom is -0.495 e. The van der Waals surface area contributed by atoms with Gasteiger partial charge in [0.1, 0.15) is 10.6 Å². The summed E-state index contributed by atoms with van der Waals surface area (Å²) in [4.78, 5) is 15.1. The molecule has 1 aromatic rings. The number of rotatable bonds is 5. The second-order valence-corrected chi connectivity index (χ2v) is 6.76. The zero-order valence-corrected chi connectivity index (χ0v) is 12.2. The van der Waals surface area contributed by atoms with Crippen LogP contribution in [-0.4, -0.2) is 38.5 Å². The lowest BCUT2D eigenvalue weighted by molar-refractivity contribution is -0.119. The third-order valence-corrected chi connectivity index (χ3v) is 4.60. The third kappa shape index (κ3) is 3.26. The fraction of sp³-hybridized carbons (Fsp3) is 0.500. The lowest BCUT2D eigenvalue weighted by atomic mass is 10.0. The molecule has 2 rings (SSSR count). The SMILES string of the molecule is COc1cncc(S(=O)(=O)NCC2(C)CCC(=O)N2)c1. The quantitative estimate of drug-likeness (QED) is 0.800. The molecule has 1 aliphatic heterocycles. The first-order chi connectivity index (χ1) is 9.35. The molecule has 1 amide bonds. The van der Waals surface area contributed by atoms with Gasteiger partial charge in [-0.25, -0.2) is 13.1 Å². The maximum absolute atomic E-state index is 12.2. The van der Waals surface area contributed by atoms with Crippen molar-refractivity contribution in [3.63, 3.8) is 0 Å². The fourth-order valence-corrected chi connectivity index (χ4v) is 3.12. The van der Waals surface area contributed by atoms with E-state index < -0.39 is 15.6 Å². The van der Waals surface area contributed by atoms with Gasteiger partial charge < -0.3 is 10.1 Å². The highest BCUT2D eigenvalue weighted by Crippen LogP contribution is 2.20. The number of nitrogens with one attached hydrogen (secondary N) is 2. The number of sulfonamides is 1. The van der Waals surface area contributed by atoms with E-state index in [-0.39, 0.29) is 17.3 Å². The smallest absolute Gasteiger partial charge is 0.242 e. The van der Waals surface area contributed by atoms with E-state index in [1.54, 1.807) is 0 Å². The zero-order valence-electron chi connectivity index (χ0n) is 11.3. The van der Waals surface area contributed by atoms with Crippen molar-refractivity contribution >= 4 is 15.9 Å². The van der Waals surface area contributed by atoms with Gasteiger partial charge in [0.2, 0.25) is 15.9 Å². The van der Waals surface area contributed by atoms with E-state index in [2.05, 4.69) is 15.0 Å². The number of nitrogens with zero attached hydrogens (tertiary/aromatic N) is 1. The van der Waals surface area contributed by atoms with Crippen molar-refractivity contribution in [3.05, 3.63) is 18.5 Å². The van der Waals surface area contributed by atoms with Gasteiger partial charge in [0.15, 0.2) is 0 Å². The Morgan fingerprint density at radius 2 is 2.25 bits per heavy atom. The predicted molar refractivity (Wildman–Crippen MR) is 71.8 cm³/mol. The highest BCUT2D eigenvalue weighted by atomic mass is 32.2. The number of hydrogen-bond acceptors (Lipinski definition) is 5. The van der Waals surface area contributed by atoms with Crippen molar-refractivity contribution in [2.24, 2.45) is 0 Å². The van der Waals surface area contributed by atoms with Gasteiger partial charge in [-0.3, -0.25) is 9.78 Å². The van der Waals surface area contributed by atoms with E-state index in [0.717, 1.165) is 0 Å². The normalized spacial score (nSPS) is 22.6. The largest absolute Gasteiger partial charge is 0.495 e. The number of amides is 1. The van der Waals surface area contributed by atoms with Gasteiger partial charge in [0, 0.05) is 25.2 Å². The molecule has 1 fully saturated rings. The molecule has 1 saturated heterocycles. The van der Waals surface area contributed by atoms with Crippen molar-refractivity contribution < 1.29 is 17.9 Å². The number of carbonyl (C=O) groups is 1. The molecule has 0 aliphatic carbocycles. The molecule has 8 heteroatoms. The Hall–Kier alpha value is -1.67. The summed E-state index contributed by atoms with van der Waals surface area (Å²) in [5.74, 6) is 0.308. The molecule has 0 spiro atoms. The Morgan fingerprint density at radius 3 is 2.85 bits per heavy atom. The van der Waals surface area contributed by atoms with E-state index in [1.165, 1.54) is 25.6 Å². The number of methoxy groups -OCH3 is 1. The summed E-state index contributed by atoms with van der Waals surface area (Å²) in [6, 6.07) is 1.39. The van der Waals surface area contributed by atoms with Crippen LogP contribution in [0.5, 0.6) is 5.75 Å². The second kappa shape index (κ2) is 5.37. The molecule has 7 nitrogen and oxygen atoms in total. The average Bonchev–Trinajstić information content (AvgIpc) is 2.77. The van der Waals surface area contributed by atoms with Crippen molar-refractivity contribution in [2.75, 3.05) is 13.7 Å². The van der Waals surface area contributed by atoms with Crippen LogP contribution in [0.4, 0.5) is 0 Å². The maximum Gasteiger partial charge on any atom is 0.242 e. The van der Waals surface area contributed by atoms with E-state index in [4.69, 9.17) is 4.74 Å². The summed E-state index contributed by atoms with van der Waals surface area (Å²) >= 11 is 0. The molecule has 2 heterocycles. The number of pyridine rings is 1. The molecule has 2 N–H and O–H groups in total. The van der Waals surface area contributed by atoms with Crippen molar-refractivity contribution in [1.29, 1.82) is 0 Å². The molecule has 0 radical (unpaired) electrons. The van der Waals surface area contributed by atoms with E-state index in [9.17, 15) is 13.2 Å². The molecule has 1 atom stereocenters. The van der Waals surface area contributed by atoms with E-state index in [0.29, 0.717) is 18.6 Å². The predicted octanol–water partition coefficient (Wildman–Crippen LogP) is 0.0372. The Bertz CT molecular complexity index is 617. The van der Waals surface area contributed by atoms with Crippen LogP contribution in [0, 0.1) is 0 Å². The lowest BCUT2D eigenvalue weighted by Crippen LogP contribution is -2.48. The molecule has 0 aromatic carbocycles. The summed E-state index contributed by atoms with van der Waals surface area (Å²) in [7, 11) is -2.24. The first-order valence-corrected chi connectivity index (χ1v) is 7.63. The fourth-order valence-electron chi connectivity index (χ4n) is 1.98. The highest BCUT2D eigenvalue weighted by Gasteiger charge is 2.34. The van der Waals surface area contributed by atoms with Crippen molar-refractivity contribution in [2.45, 2.75) is 30.2 Å². The minimum absolute atomic E-state index is 0.0322. The summed E-state index contributed by atoms with van der Waals surface area (Å²) in [5.41, 5.74) is -0.545. The number of ether oxygens (including phenoxy) is 1. The summed E-state index contributed by atoms with van der Waals surface area (Å²) in [5, 5.41) is 2.77. The maximum atomic E-state index is 12.2. The Labute approximate surface area is 117 Å². The van der Waals surface area contributed by atoms with Gasteiger partial charge in [-0.2, -0.15) is 0 Å². The summed E-state index contributed by atoms with van der Waals surface area (Å²) < 4.78 is 31.8. The van der Waals surface area contributed by atoms with E-state index in [1.807, 2.05) is 6.92 Å². The molecule has 1 aromatic heterocycles. The summed E-state index contributed by atoms with van der Waals surface area (Å²) in [6.07, 6.45) is 3.70. The molecule has 0 saturated carbocycles. The van der Waals surface area contributed by atoms with Gasteiger partial charge >= 0.3 is 0 Å².